The van der Waals surface area contributed by atoms with E-state index < -0.39 is 0 Å². The average molecular weight is 303 g/mol. The van der Waals surface area contributed by atoms with Crippen molar-refractivity contribution in [2.45, 2.75) is 19.3 Å². The lowest BCUT2D eigenvalue weighted by Gasteiger charge is -2.10. The van der Waals surface area contributed by atoms with Crippen LogP contribution in [0.5, 0.6) is 0 Å². The summed E-state index contributed by atoms with van der Waals surface area (Å²) in [6, 6.07) is 13.9. The molecule has 0 bridgehead atoms. The second-order valence-corrected chi connectivity index (χ2v) is 6.54. The predicted octanol–water partition coefficient (Wildman–Crippen LogP) is 4.88. The molecule has 20 heavy (non-hydrogen) atoms. The largest absolute Gasteiger partial charge is 0.399 e. The Hall–Kier alpha value is -1.58. The third kappa shape index (κ3) is 2.79. The highest BCUT2D eigenvalue weighted by Gasteiger charge is 2.11. The molecule has 3 aromatic rings. The van der Waals surface area contributed by atoms with Gasteiger partial charge in [0.05, 0.1) is 15.2 Å². The minimum Gasteiger partial charge on any atom is -0.399 e. The Balaban J connectivity index is 1.83. The molecule has 4 heteroatoms. The number of rotatable bonds is 3. The highest BCUT2D eigenvalue weighted by molar-refractivity contribution is 7.18. The van der Waals surface area contributed by atoms with Gasteiger partial charge in [-0.3, -0.25) is 0 Å². The molecule has 0 radical (unpaired) electrons. The fourth-order valence-electron chi connectivity index (χ4n) is 2.24. The van der Waals surface area contributed by atoms with Crippen LogP contribution in [0.4, 0.5) is 5.69 Å². The van der Waals surface area contributed by atoms with Crippen molar-refractivity contribution in [1.82, 2.24) is 4.98 Å². The number of nitrogens with zero attached hydrogens (tertiary/aromatic N) is 1. The fraction of sp³-hybridized carbons (Fsp3) is 0.188. The minimum absolute atomic E-state index is 0.423. The number of benzene rings is 2. The topological polar surface area (TPSA) is 38.9 Å². The van der Waals surface area contributed by atoms with E-state index in [2.05, 4.69) is 24.0 Å². The zero-order chi connectivity index (χ0) is 14.1. The van der Waals surface area contributed by atoms with Crippen molar-refractivity contribution in [3.63, 3.8) is 0 Å². The van der Waals surface area contributed by atoms with E-state index in [1.165, 1.54) is 5.56 Å². The molecule has 2 N–H and O–H groups in total. The van der Waals surface area contributed by atoms with Gasteiger partial charge in [-0.2, -0.15) is 0 Å². The molecule has 102 valence electrons. The van der Waals surface area contributed by atoms with Crippen molar-refractivity contribution in [3.05, 3.63) is 58.1 Å². The number of aromatic nitrogens is 1. The Morgan fingerprint density at radius 2 is 1.95 bits per heavy atom. The summed E-state index contributed by atoms with van der Waals surface area (Å²) in [7, 11) is 0. The lowest BCUT2D eigenvalue weighted by atomic mass is 9.98. The van der Waals surface area contributed by atoms with Gasteiger partial charge < -0.3 is 5.73 Å². The molecule has 1 aromatic heterocycles. The number of thiazole rings is 1. The quantitative estimate of drug-likeness (QED) is 0.700. The standard InChI is InChI=1S/C16H15ClN2S/c1-10(11-2-5-13(18)6-3-11)8-16-19-14-7-4-12(17)9-15(14)20-16/h2-7,9-10H,8,18H2,1H3. The van der Waals surface area contributed by atoms with Crippen LogP contribution in [0.1, 0.15) is 23.4 Å². The van der Waals surface area contributed by atoms with Gasteiger partial charge in [-0.1, -0.05) is 30.7 Å². The van der Waals surface area contributed by atoms with Crippen molar-refractivity contribution in [1.29, 1.82) is 0 Å². The monoisotopic (exact) mass is 302 g/mol. The van der Waals surface area contributed by atoms with E-state index in [1.54, 1.807) is 11.3 Å². The molecular formula is C16H15ClN2S. The number of nitrogen functional groups attached to an aromatic ring is 1. The number of fused-ring (bicyclic) bond motifs is 1. The molecule has 0 aliphatic heterocycles. The van der Waals surface area contributed by atoms with Crippen molar-refractivity contribution in [3.8, 4) is 0 Å². The maximum absolute atomic E-state index is 6.01. The van der Waals surface area contributed by atoms with Crippen LogP contribution in [0.25, 0.3) is 10.2 Å². The van der Waals surface area contributed by atoms with Gasteiger partial charge in [0.25, 0.3) is 0 Å². The van der Waals surface area contributed by atoms with Crippen molar-refractivity contribution >= 4 is 38.8 Å². The Bertz CT molecular complexity index is 734. The highest BCUT2D eigenvalue weighted by Crippen LogP contribution is 2.29. The van der Waals surface area contributed by atoms with Gasteiger partial charge in [0.15, 0.2) is 0 Å². The summed E-state index contributed by atoms with van der Waals surface area (Å²) >= 11 is 7.73. The van der Waals surface area contributed by atoms with E-state index in [0.717, 1.165) is 32.4 Å². The average Bonchev–Trinajstić information content (AvgIpc) is 2.80. The van der Waals surface area contributed by atoms with E-state index >= 15 is 0 Å². The molecule has 0 fully saturated rings. The molecular weight excluding hydrogens is 288 g/mol. The minimum atomic E-state index is 0.423. The van der Waals surface area contributed by atoms with Crippen LogP contribution in [-0.4, -0.2) is 4.98 Å². The van der Waals surface area contributed by atoms with Crippen molar-refractivity contribution in [2.75, 3.05) is 5.73 Å². The molecule has 0 saturated carbocycles. The smallest absolute Gasteiger partial charge is 0.0944 e. The molecule has 3 rings (SSSR count). The third-order valence-corrected chi connectivity index (χ3v) is 4.66. The van der Waals surface area contributed by atoms with E-state index in [-0.39, 0.29) is 0 Å². The zero-order valence-corrected chi connectivity index (χ0v) is 12.7. The number of hydrogen-bond donors (Lipinski definition) is 1. The molecule has 0 aliphatic carbocycles. The predicted molar refractivity (Wildman–Crippen MR) is 87.6 cm³/mol. The summed E-state index contributed by atoms with van der Waals surface area (Å²) in [5.74, 6) is 0.423. The Morgan fingerprint density at radius 3 is 2.70 bits per heavy atom. The summed E-state index contributed by atoms with van der Waals surface area (Å²) in [6.45, 7) is 2.21. The van der Waals surface area contributed by atoms with Crippen LogP contribution in [0.2, 0.25) is 5.02 Å². The molecule has 0 saturated heterocycles. The Morgan fingerprint density at radius 1 is 1.20 bits per heavy atom. The highest BCUT2D eigenvalue weighted by atomic mass is 35.5. The maximum Gasteiger partial charge on any atom is 0.0944 e. The maximum atomic E-state index is 6.01. The van der Waals surface area contributed by atoms with Crippen LogP contribution in [0, 0.1) is 0 Å². The molecule has 1 atom stereocenters. The van der Waals surface area contributed by atoms with Gasteiger partial charge in [0.2, 0.25) is 0 Å². The normalized spacial score (nSPS) is 12.7. The molecule has 1 heterocycles. The number of nitrogens with two attached hydrogens (primary N) is 1. The second kappa shape index (κ2) is 5.43. The summed E-state index contributed by atoms with van der Waals surface area (Å²) in [5.41, 5.74) is 8.84. The van der Waals surface area contributed by atoms with E-state index in [0.29, 0.717) is 5.92 Å². The molecule has 0 amide bonds. The van der Waals surface area contributed by atoms with Gasteiger partial charge in [0.1, 0.15) is 0 Å². The molecule has 0 spiro atoms. The lowest BCUT2D eigenvalue weighted by molar-refractivity contribution is 0.756. The summed E-state index contributed by atoms with van der Waals surface area (Å²) in [6.07, 6.45) is 0.931. The first kappa shape index (κ1) is 13.4. The van der Waals surface area contributed by atoms with Crippen molar-refractivity contribution in [2.24, 2.45) is 0 Å². The van der Waals surface area contributed by atoms with E-state index in [4.69, 9.17) is 17.3 Å². The summed E-state index contributed by atoms with van der Waals surface area (Å²) in [4.78, 5) is 4.67. The molecule has 0 aliphatic rings. The van der Waals surface area contributed by atoms with Gasteiger partial charge in [-0.25, -0.2) is 4.98 Å². The first-order valence-electron chi connectivity index (χ1n) is 6.52. The van der Waals surface area contributed by atoms with Gasteiger partial charge in [0, 0.05) is 17.1 Å². The molecule has 1 unspecified atom stereocenters. The zero-order valence-electron chi connectivity index (χ0n) is 11.1. The van der Waals surface area contributed by atoms with Crippen LogP contribution in [-0.2, 0) is 6.42 Å². The second-order valence-electron chi connectivity index (χ2n) is 4.99. The van der Waals surface area contributed by atoms with Gasteiger partial charge >= 0.3 is 0 Å². The van der Waals surface area contributed by atoms with Crippen LogP contribution in [0.3, 0.4) is 0 Å². The molecule has 2 nitrogen and oxygen atoms in total. The summed E-state index contributed by atoms with van der Waals surface area (Å²) < 4.78 is 1.15. The van der Waals surface area contributed by atoms with Crippen LogP contribution < -0.4 is 5.73 Å². The first-order valence-corrected chi connectivity index (χ1v) is 7.71. The third-order valence-electron chi connectivity index (χ3n) is 3.38. The first-order chi connectivity index (χ1) is 9.61. The number of anilines is 1. The van der Waals surface area contributed by atoms with Crippen LogP contribution >= 0.6 is 22.9 Å². The Kier molecular flexibility index (Phi) is 3.64. The van der Waals surface area contributed by atoms with E-state index in [1.807, 2.05) is 30.3 Å². The lowest BCUT2D eigenvalue weighted by Crippen LogP contribution is -1.98. The SMILES string of the molecule is CC(Cc1nc2ccc(Cl)cc2s1)c1ccc(N)cc1. The summed E-state index contributed by atoms with van der Waals surface area (Å²) in [5, 5.41) is 1.91. The van der Waals surface area contributed by atoms with Gasteiger partial charge in [-0.05, 0) is 41.8 Å². The Labute approximate surface area is 127 Å². The van der Waals surface area contributed by atoms with Gasteiger partial charge in [-0.15, -0.1) is 11.3 Å². The van der Waals surface area contributed by atoms with Crippen LogP contribution in [0.15, 0.2) is 42.5 Å². The fourth-order valence-corrected chi connectivity index (χ4v) is 3.61. The van der Waals surface area contributed by atoms with Crippen molar-refractivity contribution < 1.29 is 0 Å². The number of hydrogen-bond acceptors (Lipinski definition) is 3. The number of halogens is 1. The van der Waals surface area contributed by atoms with E-state index in [9.17, 15) is 0 Å². The molecule has 2 aromatic carbocycles.